The fraction of sp³-hybridized carbons (Fsp3) is 0.500. The minimum Gasteiger partial charge on any atom is -0.506 e. The average molecular weight is 382 g/mol. The van der Waals surface area contributed by atoms with Crippen LogP contribution in [-0.4, -0.2) is 83.1 Å². The minimum absolute atomic E-state index is 0.0411. The van der Waals surface area contributed by atoms with Crippen LogP contribution in [0.4, 0.5) is 5.95 Å². The lowest BCUT2D eigenvalue weighted by atomic mass is 9.70. The maximum absolute atomic E-state index is 12.7. The number of hydrogen-bond acceptors (Lipinski definition) is 7. The molecule has 2 aromatic rings. The predicted octanol–water partition coefficient (Wildman–Crippen LogP) is 0.743. The highest BCUT2D eigenvalue weighted by Gasteiger charge is 2.55. The first kappa shape index (κ1) is 18.6. The van der Waals surface area contributed by atoms with Gasteiger partial charge in [-0.2, -0.15) is 0 Å². The van der Waals surface area contributed by atoms with Crippen LogP contribution >= 0.6 is 0 Å². The summed E-state index contributed by atoms with van der Waals surface area (Å²) in [6.45, 7) is 3.35. The molecule has 0 aliphatic carbocycles. The summed E-state index contributed by atoms with van der Waals surface area (Å²) in [5.41, 5.74) is 1.82. The van der Waals surface area contributed by atoms with E-state index >= 15 is 0 Å². The Morgan fingerprint density at radius 1 is 1.32 bits per heavy atom. The molecular weight excluding hydrogens is 356 g/mol. The van der Waals surface area contributed by atoms with E-state index in [4.69, 9.17) is 4.98 Å². The van der Waals surface area contributed by atoms with Gasteiger partial charge < -0.3 is 19.8 Å². The van der Waals surface area contributed by atoms with Gasteiger partial charge in [0, 0.05) is 64.0 Å². The molecule has 2 aromatic heterocycles. The Kier molecular flexibility index (Phi) is 4.66. The summed E-state index contributed by atoms with van der Waals surface area (Å²) < 4.78 is 0. The minimum atomic E-state index is 0.0411. The molecule has 2 saturated heterocycles. The van der Waals surface area contributed by atoms with E-state index in [9.17, 15) is 9.90 Å². The van der Waals surface area contributed by atoms with Crippen LogP contribution in [0.2, 0.25) is 0 Å². The summed E-state index contributed by atoms with van der Waals surface area (Å²) in [4.78, 5) is 31.9. The van der Waals surface area contributed by atoms with Gasteiger partial charge in [-0.3, -0.25) is 9.78 Å². The summed E-state index contributed by atoms with van der Waals surface area (Å²) >= 11 is 0. The SMILES string of the molecule is CN1CC(c2ccnc(N(C)C)n2)C2(C1)CN(C(=O)Cc1cncc(O)c1)C2. The van der Waals surface area contributed by atoms with Gasteiger partial charge in [0.1, 0.15) is 5.75 Å². The van der Waals surface area contributed by atoms with E-state index in [0.29, 0.717) is 5.95 Å². The van der Waals surface area contributed by atoms with Crippen LogP contribution < -0.4 is 4.90 Å². The van der Waals surface area contributed by atoms with Crippen LogP contribution in [0.1, 0.15) is 17.2 Å². The van der Waals surface area contributed by atoms with Crippen LogP contribution in [0.5, 0.6) is 5.75 Å². The second kappa shape index (κ2) is 7.01. The quantitative estimate of drug-likeness (QED) is 0.835. The lowest BCUT2D eigenvalue weighted by Gasteiger charge is -2.51. The van der Waals surface area contributed by atoms with Crippen molar-refractivity contribution in [3.63, 3.8) is 0 Å². The Balaban J connectivity index is 1.47. The van der Waals surface area contributed by atoms with Gasteiger partial charge in [-0.05, 0) is 24.7 Å². The molecule has 8 nitrogen and oxygen atoms in total. The monoisotopic (exact) mass is 382 g/mol. The molecule has 1 N–H and O–H groups in total. The highest BCUT2D eigenvalue weighted by atomic mass is 16.3. The van der Waals surface area contributed by atoms with Crippen molar-refractivity contribution in [1.29, 1.82) is 0 Å². The summed E-state index contributed by atoms with van der Waals surface area (Å²) in [5.74, 6) is 1.16. The molecule has 1 atom stereocenters. The van der Waals surface area contributed by atoms with Crippen molar-refractivity contribution < 1.29 is 9.90 Å². The number of aromatic nitrogens is 3. The number of aromatic hydroxyl groups is 1. The van der Waals surface area contributed by atoms with Crippen LogP contribution in [0.15, 0.2) is 30.7 Å². The first-order chi connectivity index (χ1) is 13.4. The Labute approximate surface area is 164 Å². The normalized spacial score (nSPS) is 21.0. The van der Waals surface area contributed by atoms with Gasteiger partial charge in [-0.1, -0.05) is 0 Å². The third kappa shape index (κ3) is 3.40. The number of likely N-dealkylation sites (N-methyl/N-ethyl adjacent to an activating group) is 1. The zero-order valence-electron chi connectivity index (χ0n) is 16.5. The van der Waals surface area contributed by atoms with Gasteiger partial charge in [0.05, 0.1) is 18.3 Å². The highest BCUT2D eigenvalue weighted by Crippen LogP contribution is 2.48. The zero-order chi connectivity index (χ0) is 19.9. The topological polar surface area (TPSA) is 85.7 Å². The molecule has 0 radical (unpaired) electrons. The lowest BCUT2D eigenvalue weighted by Crippen LogP contribution is -2.61. The van der Waals surface area contributed by atoms with Crippen LogP contribution in [-0.2, 0) is 11.2 Å². The lowest BCUT2D eigenvalue weighted by molar-refractivity contribution is -0.142. The number of carbonyl (C=O) groups excluding carboxylic acids is 1. The van der Waals surface area contributed by atoms with E-state index in [2.05, 4.69) is 21.9 Å². The zero-order valence-corrected chi connectivity index (χ0v) is 16.5. The number of pyridine rings is 1. The van der Waals surface area contributed by atoms with Crippen molar-refractivity contribution in [2.24, 2.45) is 5.41 Å². The first-order valence-electron chi connectivity index (χ1n) is 9.46. The third-order valence-corrected chi connectivity index (χ3v) is 5.74. The average Bonchev–Trinajstić information content (AvgIpc) is 2.98. The van der Waals surface area contributed by atoms with Crippen molar-refractivity contribution in [1.82, 2.24) is 24.8 Å². The number of anilines is 1. The second-order valence-corrected chi connectivity index (χ2v) is 8.27. The van der Waals surface area contributed by atoms with Crippen LogP contribution in [0.25, 0.3) is 0 Å². The molecule has 2 fully saturated rings. The molecule has 1 amide bonds. The number of likely N-dealkylation sites (tertiary alicyclic amines) is 2. The molecule has 2 aliphatic rings. The summed E-state index contributed by atoms with van der Waals surface area (Å²) in [6.07, 6.45) is 5.08. The molecule has 4 heterocycles. The molecule has 28 heavy (non-hydrogen) atoms. The Morgan fingerprint density at radius 3 is 2.82 bits per heavy atom. The van der Waals surface area contributed by atoms with Gasteiger partial charge in [0.15, 0.2) is 0 Å². The third-order valence-electron chi connectivity index (χ3n) is 5.74. The molecule has 0 saturated carbocycles. The van der Waals surface area contributed by atoms with Gasteiger partial charge in [-0.25, -0.2) is 9.97 Å². The molecule has 2 aliphatic heterocycles. The number of carbonyl (C=O) groups is 1. The van der Waals surface area contributed by atoms with Gasteiger partial charge in [-0.15, -0.1) is 0 Å². The molecule has 0 aromatic carbocycles. The summed E-state index contributed by atoms with van der Waals surface area (Å²) in [7, 11) is 6.00. The molecule has 1 spiro atoms. The Morgan fingerprint density at radius 2 is 2.11 bits per heavy atom. The summed E-state index contributed by atoms with van der Waals surface area (Å²) in [5, 5.41) is 9.55. The second-order valence-electron chi connectivity index (χ2n) is 8.27. The van der Waals surface area contributed by atoms with Crippen molar-refractivity contribution in [2.75, 3.05) is 52.2 Å². The maximum Gasteiger partial charge on any atom is 0.227 e. The molecule has 8 heteroatoms. The maximum atomic E-state index is 12.7. The number of amides is 1. The number of hydrogen-bond donors (Lipinski definition) is 1. The van der Waals surface area contributed by atoms with E-state index in [-0.39, 0.29) is 29.4 Å². The fourth-order valence-electron chi connectivity index (χ4n) is 4.46. The smallest absolute Gasteiger partial charge is 0.227 e. The highest BCUT2D eigenvalue weighted by molar-refractivity contribution is 5.80. The molecule has 148 valence electrons. The van der Waals surface area contributed by atoms with Crippen LogP contribution in [0.3, 0.4) is 0 Å². The van der Waals surface area contributed by atoms with E-state index in [1.807, 2.05) is 36.2 Å². The van der Waals surface area contributed by atoms with E-state index in [0.717, 1.165) is 37.4 Å². The van der Waals surface area contributed by atoms with Crippen molar-refractivity contribution >= 4 is 11.9 Å². The van der Waals surface area contributed by atoms with Gasteiger partial charge in [0.25, 0.3) is 0 Å². The number of nitrogens with zero attached hydrogens (tertiary/aromatic N) is 6. The molecule has 0 bridgehead atoms. The van der Waals surface area contributed by atoms with E-state index < -0.39 is 0 Å². The largest absolute Gasteiger partial charge is 0.506 e. The van der Waals surface area contributed by atoms with Crippen molar-refractivity contribution in [3.05, 3.63) is 42.0 Å². The van der Waals surface area contributed by atoms with Gasteiger partial charge in [0.2, 0.25) is 11.9 Å². The first-order valence-corrected chi connectivity index (χ1v) is 9.46. The number of rotatable bonds is 4. The standard InChI is InChI=1S/C20H26N6O2/c1-24(2)19-22-5-4-17(23-19)16-10-25(3)11-20(16)12-26(13-20)18(28)7-14-6-15(27)9-21-8-14/h4-6,8-9,16,27H,7,10-13H2,1-3H3. The molecular formula is C20H26N6O2. The fourth-order valence-corrected chi connectivity index (χ4v) is 4.46. The Bertz CT molecular complexity index is 881. The van der Waals surface area contributed by atoms with Crippen molar-refractivity contribution in [3.8, 4) is 5.75 Å². The Hall–Kier alpha value is -2.74. The van der Waals surface area contributed by atoms with Gasteiger partial charge >= 0.3 is 0 Å². The predicted molar refractivity (Wildman–Crippen MR) is 105 cm³/mol. The molecule has 4 rings (SSSR count). The van der Waals surface area contributed by atoms with Crippen molar-refractivity contribution in [2.45, 2.75) is 12.3 Å². The van der Waals surface area contributed by atoms with E-state index in [1.165, 1.54) is 6.20 Å². The van der Waals surface area contributed by atoms with Crippen LogP contribution in [0, 0.1) is 5.41 Å². The molecule has 1 unspecified atom stereocenters. The van der Waals surface area contributed by atoms with E-state index in [1.54, 1.807) is 12.3 Å². The summed E-state index contributed by atoms with van der Waals surface area (Å²) in [6, 6.07) is 3.59.